The highest BCUT2D eigenvalue weighted by atomic mass is 32.2. The molecule has 17 heavy (non-hydrogen) atoms. The van der Waals surface area contributed by atoms with Gasteiger partial charge in [-0.2, -0.15) is 0 Å². The summed E-state index contributed by atoms with van der Waals surface area (Å²) >= 11 is 0. The number of piperidine rings is 1. The second-order valence-corrected chi connectivity index (χ2v) is 6.87. The van der Waals surface area contributed by atoms with E-state index in [1.807, 2.05) is 4.90 Å². The summed E-state index contributed by atoms with van der Waals surface area (Å²) in [5, 5.41) is 0. The minimum Gasteiger partial charge on any atom is -0.469 e. The smallest absolute Gasteiger partial charge is 0.309 e. The van der Waals surface area contributed by atoms with Crippen molar-refractivity contribution >= 4 is 15.8 Å². The number of likely N-dealkylation sites (tertiary alicyclic amines) is 1. The van der Waals surface area contributed by atoms with Gasteiger partial charge in [0, 0.05) is 18.8 Å². The summed E-state index contributed by atoms with van der Waals surface area (Å²) in [6.07, 6.45) is 1.76. The van der Waals surface area contributed by atoms with Crippen LogP contribution in [0.25, 0.3) is 0 Å². The molecule has 0 amide bonds. The molecule has 0 radical (unpaired) electrons. The van der Waals surface area contributed by atoms with Crippen LogP contribution in [0.15, 0.2) is 0 Å². The van der Waals surface area contributed by atoms with Crippen LogP contribution in [0.5, 0.6) is 0 Å². The lowest BCUT2D eigenvalue weighted by molar-refractivity contribution is -0.147. The highest BCUT2D eigenvalue weighted by molar-refractivity contribution is 7.91. The van der Waals surface area contributed by atoms with E-state index in [0.717, 1.165) is 19.4 Å². The predicted molar refractivity (Wildman–Crippen MR) is 65.5 cm³/mol. The first-order valence-corrected chi connectivity index (χ1v) is 7.81. The van der Waals surface area contributed by atoms with E-state index < -0.39 is 9.84 Å². The third-order valence-electron chi connectivity index (χ3n) is 3.20. The average Bonchev–Trinajstić information content (AvgIpc) is 2.36. The van der Waals surface area contributed by atoms with Gasteiger partial charge in [-0.1, -0.05) is 6.92 Å². The predicted octanol–water partition coefficient (Wildman–Crippen LogP) is 0.306. The van der Waals surface area contributed by atoms with E-state index in [4.69, 9.17) is 4.74 Å². The van der Waals surface area contributed by atoms with Crippen LogP contribution in [0.2, 0.25) is 0 Å². The number of esters is 1. The summed E-state index contributed by atoms with van der Waals surface area (Å²) in [7, 11) is -1.53. The molecule has 0 aromatic carbocycles. The number of rotatable bonds is 5. The molecule has 6 heteroatoms. The van der Waals surface area contributed by atoms with E-state index in [1.54, 1.807) is 6.92 Å². The molecule has 1 fully saturated rings. The van der Waals surface area contributed by atoms with Crippen molar-refractivity contribution in [2.45, 2.75) is 19.8 Å². The normalized spacial score (nSPS) is 22.4. The fraction of sp³-hybridized carbons (Fsp3) is 0.909. The Balaban J connectivity index is 2.42. The summed E-state index contributed by atoms with van der Waals surface area (Å²) in [5.74, 6) is 0.0738. The first-order valence-electron chi connectivity index (χ1n) is 5.99. The van der Waals surface area contributed by atoms with Crippen molar-refractivity contribution in [3.8, 4) is 0 Å². The van der Waals surface area contributed by atoms with Gasteiger partial charge in [0.25, 0.3) is 0 Å². The van der Waals surface area contributed by atoms with Gasteiger partial charge in [0.15, 0.2) is 9.84 Å². The van der Waals surface area contributed by atoms with Crippen molar-refractivity contribution in [1.29, 1.82) is 0 Å². The van der Waals surface area contributed by atoms with Gasteiger partial charge in [0.05, 0.1) is 18.8 Å². The van der Waals surface area contributed by atoms with Crippen LogP contribution >= 0.6 is 0 Å². The monoisotopic (exact) mass is 263 g/mol. The zero-order valence-electron chi connectivity index (χ0n) is 10.5. The SMILES string of the molecule is CCS(=O)(=O)CCN1CCC[C@H](C(=O)OC)C1. The van der Waals surface area contributed by atoms with Gasteiger partial charge in [-0.15, -0.1) is 0 Å². The number of hydrogen-bond donors (Lipinski definition) is 0. The molecule has 0 aromatic rings. The maximum atomic E-state index is 11.4. The number of ether oxygens (including phenoxy) is 1. The lowest BCUT2D eigenvalue weighted by Gasteiger charge is -2.30. The number of sulfone groups is 1. The molecule has 0 aromatic heterocycles. The summed E-state index contributed by atoms with van der Waals surface area (Å²) in [4.78, 5) is 13.4. The maximum Gasteiger partial charge on any atom is 0.309 e. The molecular weight excluding hydrogens is 242 g/mol. The van der Waals surface area contributed by atoms with Crippen molar-refractivity contribution in [3.63, 3.8) is 0 Å². The van der Waals surface area contributed by atoms with E-state index in [9.17, 15) is 13.2 Å². The molecule has 0 saturated carbocycles. The van der Waals surface area contributed by atoms with Crippen molar-refractivity contribution in [2.24, 2.45) is 5.92 Å². The van der Waals surface area contributed by atoms with Crippen LogP contribution < -0.4 is 0 Å². The Labute approximate surface area is 103 Å². The second-order valence-electron chi connectivity index (χ2n) is 4.40. The number of hydrogen-bond acceptors (Lipinski definition) is 5. The van der Waals surface area contributed by atoms with Crippen molar-refractivity contribution < 1.29 is 17.9 Å². The van der Waals surface area contributed by atoms with Crippen LogP contribution in [-0.4, -0.2) is 57.5 Å². The number of nitrogens with zero attached hydrogens (tertiary/aromatic N) is 1. The van der Waals surface area contributed by atoms with Crippen molar-refractivity contribution in [3.05, 3.63) is 0 Å². The summed E-state index contributed by atoms with van der Waals surface area (Å²) in [6, 6.07) is 0. The highest BCUT2D eigenvalue weighted by Crippen LogP contribution is 2.17. The summed E-state index contributed by atoms with van der Waals surface area (Å²) in [6.45, 7) is 3.66. The Morgan fingerprint density at radius 2 is 2.18 bits per heavy atom. The minimum atomic E-state index is -2.92. The molecule has 1 aliphatic heterocycles. The van der Waals surface area contributed by atoms with Crippen molar-refractivity contribution in [2.75, 3.05) is 38.2 Å². The molecular formula is C11H21NO4S. The van der Waals surface area contributed by atoms with Crippen LogP contribution in [0.4, 0.5) is 0 Å². The van der Waals surface area contributed by atoms with Crippen LogP contribution in [0.3, 0.4) is 0 Å². The lowest BCUT2D eigenvalue weighted by atomic mass is 9.98. The minimum absolute atomic E-state index is 0.0990. The third-order valence-corrected chi connectivity index (χ3v) is 4.88. The quantitative estimate of drug-likeness (QED) is 0.668. The van der Waals surface area contributed by atoms with Crippen LogP contribution in [0.1, 0.15) is 19.8 Å². The first kappa shape index (κ1) is 14.4. The number of carbonyl (C=O) groups is 1. The average molecular weight is 263 g/mol. The lowest BCUT2D eigenvalue weighted by Crippen LogP contribution is -2.41. The molecule has 5 nitrogen and oxygen atoms in total. The molecule has 100 valence electrons. The number of carbonyl (C=O) groups excluding carboxylic acids is 1. The van der Waals surface area contributed by atoms with E-state index in [1.165, 1.54) is 7.11 Å². The third kappa shape index (κ3) is 4.63. The van der Waals surface area contributed by atoms with Gasteiger partial charge in [-0.05, 0) is 19.4 Å². The summed E-state index contributed by atoms with van der Waals surface area (Å²) in [5.41, 5.74) is 0. The molecule has 0 unspecified atom stereocenters. The molecule has 1 rings (SSSR count). The van der Waals surface area contributed by atoms with E-state index >= 15 is 0 Å². The fourth-order valence-electron chi connectivity index (χ4n) is 2.03. The Bertz CT molecular complexity index is 352. The van der Waals surface area contributed by atoms with Gasteiger partial charge in [-0.25, -0.2) is 8.42 Å². The van der Waals surface area contributed by atoms with Gasteiger partial charge < -0.3 is 9.64 Å². The van der Waals surface area contributed by atoms with Crippen molar-refractivity contribution in [1.82, 2.24) is 4.90 Å². The molecule has 0 aliphatic carbocycles. The van der Waals surface area contributed by atoms with Crippen LogP contribution in [-0.2, 0) is 19.4 Å². The molecule has 1 atom stereocenters. The molecule has 0 bridgehead atoms. The first-order chi connectivity index (χ1) is 7.98. The fourth-order valence-corrected chi connectivity index (χ4v) is 2.86. The molecule has 0 N–H and O–H groups in total. The molecule has 0 spiro atoms. The molecule has 1 aliphatic rings. The summed E-state index contributed by atoms with van der Waals surface area (Å²) < 4.78 is 27.5. The van der Waals surface area contributed by atoms with Gasteiger partial charge in [0.1, 0.15) is 0 Å². The maximum absolute atomic E-state index is 11.4. The zero-order valence-corrected chi connectivity index (χ0v) is 11.3. The van der Waals surface area contributed by atoms with Gasteiger partial charge >= 0.3 is 5.97 Å². The van der Waals surface area contributed by atoms with E-state index in [0.29, 0.717) is 13.1 Å². The Hall–Kier alpha value is -0.620. The van der Waals surface area contributed by atoms with E-state index in [-0.39, 0.29) is 23.4 Å². The van der Waals surface area contributed by atoms with Gasteiger partial charge in [-0.3, -0.25) is 4.79 Å². The topological polar surface area (TPSA) is 63.7 Å². The second kappa shape index (κ2) is 6.35. The number of methoxy groups -OCH3 is 1. The largest absolute Gasteiger partial charge is 0.469 e. The Kier molecular flexibility index (Phi) is 5.39. The molecule has 1 heterocycles. The Morgan fingerprint density at radius 3 is 2.76 bits per heavy atom. The zero-order chi connectivity index (χ0) is 12.9. The molecule has 1 saturated heterocycles. The van der Waals surface area contributed by atoms with E-state index in [2.05, 4.69) is 0 Å². The van der Waals surface area contributed by atoms with Crippen LogP contribution in [0, 0.1) is 5.92 Å². The Morgan fingerprint density at radius 1 is 1.47 bits per heavy atom. The highest BCUT2D eigenvalue weighted by Gasteiger charge is 2.26. The van der Waals surface area contributed by atoms with Gasteiger partial charge in [0.2, 0.25) is 0 Å². The standard InChI is InChI=1S/C11H21NO4S/c1-3-17(14,15)8-7-12-6-4-5-10(9-12)11(13)16-2/h10H,3-9H2,1-2H3/t10-/m0/s1.